The van der Waals surface area contributed by atoms with Gasteiger partial charge in [-0.05, 0) is 107 Å². The summed E-state index contributed by atoms with van der Waals surface area (Å²) < 4.78 is 94.4. The van der Waals surface area contributed by atoms with E-state index >= 15 is 0 Å². The summed E-state index contributed by atoms with van der Waals surface area (Å²) >= 11 is 16.6. The van der Waals surface area contributed by atoms with Crippen molar-refractivity contribution in [2.24, 2.45) is 35.2 Å². The molecule has 2 N–H and O–H groups in total. The van der Waals surface area contributed by atoms with Gasteiger partial charge >= 0.3 is 6.09 Å². The molecule has 5 aromatic heterocycles. The van der Waals surface area contributed by atoms with E-state index in [2.05, 4.69) is 119 Å². The third-order valence-corrected chi connectivity index (χ3v) is 13.5. The van der Waals surface area contributed by atoms with E-state index in [-0.39, 0.29) is 25.9 Å². The second-order valence-corrected chi connectivity index (χ2v) is 22.7. The molecule has 1 amide bonds. The van der Waals surface area contributed by atoms with Crippen molar-refractivity contribution in [3.8, 4) is 29.4 Å². The van der Waals surface area contributed by atoms with E-state index in [1.165, 1.54) is 28.5 Å². The number of hydrogen-bond donors (Lipinski definition) is 2. The van der Waals surface area contributed by atoms with Crippen LogP contribution in [0.3, 0.4) is 0 Å². The first kappa shape index (κ1) is 66.5. The van der Waals surface area contributed by atoms with Gasteiger partial charge < -0.3 is 43.7 Å². The van der Waals surface area contributed by atoms with Crippen LogP contribution in [0.25, 0.3) is 0 Å². The van der Waals surface area contributed by atoms with Gasteiger partial charge in [0.2, 0.25) is 29.4 Å². The molecule has 0 aliphatic carbocycles. The minimum atomic E-state index is -3.46. The molecule has 0 radical (unpaired) electrons. The highest BCUT2D eigenvalue weighted by atomic mass is 79.9. The molecule has 5 heterocycles. The Labute approximate surface area is 462 Å². The molecule has 33 heteroatoms. The van der Waals surface area contributed by atoms with Crippen LogP contribution in [-0.2, 0) is 101 Å². The Kier molecular flexibility index (Phi) is 27.8. The number of ether oxygens (including phenoxy) is 6. The fourth-order valence-electron chi connectivity index (χ4n) is 5.41. The van der Waals surface area contributed by atoms with E-state index in [9.17, 15) is 21.6 Å². The molecule has 0 fully saturated rings. The number of hydrogen-bond acceptors (Lipinski definition) is 20. The molecule has 0 spiro atoms. The van der Waals surface area contributed by atoms with Crippen molar-refractivity contribution in [3.63, 3.8) is 0 Å². The van der Waals surface area contributed by atoms with Crippen molar-refractivity contribution in [2.75, 3.05) is 62.2 Å². The normalized spacial score (nSPS) is 11.2. The highest BCUT2D eigenvalue weighted by Gasteiger charge is 2.23. The summed E-state index contributed by atoms with van der Waals surface area (Å²) in [6, 6.07) is 0. The average Bonchev–Trinajstić information content (AvgIpc) is 4.00. The fourth-order valence-corrected chi connectivity index (χ4v) is 9.17. The summed E-state index contributed by atoms with van der Waals surface area (Å²) in [4.78, 5) is 13.3. The van der Waals surface area contributed by atoms with Crippen LogP contribution in [-0.4, -0.2) is 150 Å². The van der Waals surface area contributed by atoms with Gasteiger partial charge in [-0.2, -0.15) is 42.3 Å². The lowest BCUT2D eigenvalue weighted by atomic mass is 10.2. The summed E-state index contributed by atoms with van der Waals surface area (Å²) in [5, 5.41) is 32.4. The number of aryl methyl sites for hydroxylation is 5. The maximum atomic E-state index is 11.9. The van der Waals surface area contributed by atoms with Crippen LogP contribution in [0.5, 0.6) is 29.4 Å². The maximum absolute atomic E-state index is 11.9. The number of aliphatic hydroxyl groups excluding tert-OH is 1. The monoisotopic (exact) mass is 1380 g/mol. The molecule has 0 aromatic carbocycles. The highest BCUT2D eigenvalue weighted by Crippen LogP contribution is 2.31. The lowest BCUT2D eigenvalue weighted by molar-refractivity contribution is 0.0282. The zero-order valence-corrected chi connectivity index (χ0v) is 52.5. The number of halogens is 5. The minimum Gasteiger partial charge on any atom is -0.480 e. The molecule has 0 aliphatic rings. The van der Waals surface area contributed by atoms with Crippen molar-refractivity contribution in [1.29, 1.82) is 0 Å². The topological polar surface area (TPSA) is 284 Å². The van der Waals surface area contributed by atoms with E-state index in [0.717, 1.165) is 39.6 Å². The maximum Gasteiger partial charge on any atom is 0.410 e. The van der Waals surface area contributed by atoms with E-state index in [1.54, 1.807) is 70.6 Å². The predicted molar refractivity (Wildman–Crippen MR) is 283 cm³/mol. The van der Waals surface area contributed by atoms with Gasteiger partial charge in [0.25, 0.3) is 20.2 Å². The van der Waals surface area contributed by atoms with Crippen molar-refractivity contribution < 1.29 is 63.5 Å². The van der Waals surface area contributed by atoms with Crippen molar-refractivity contribution in [3.05, 3.63) is 50.8 Å². The van der Waals surface area contributed by atoms with Gasteiger partial charge in [-0.25, -0.2) is 28.2 Å². The van der Waals surface area contributed by atoms with Gasteiger partial charge in [-0.3, -0.25) is 8.37 Å². The smallest absolute Gasteiger partial charge is 0.410 e. The first-order chi connectivity index (χ1) is 33.3. The van der Waals surface area contributed by atoms with Crippen LogP contribution in [0.2, 0.25) is 0 Å². The standard InChI is InChI=1S/C12H20BrN3O3.C7H12BrN3O.2C7H11BrN2O4S.C6H9BrN2O2/c1-12(2,3)19-11(17)15(4)7-8-9(13)10(18-6)16(5)14-8;1-9-4-5-6(8)7(12-3)11(2)10-5;2*1-10-7(13-2)6(8)5(9-10)4-14-15(3,11)12;1-9-6(11-2)5(7)4(3-10)8-9/h7H2,1-6H3;9H,4H2,1-3H3;2*4H2,1-3H3;10H,3H2,1-2H3. The van der Waals surface area contributed by atoms with Crippen LogP contribution in [0.4, 0.5) is 4.79 Å². The van der Waals surface area contributed by atoms with Crippen LogP contribution < -0.4 is 29.0 Å². The molecule has 410 valence electrons. The van der Waals surface area contributed by atoms with Gasteiger partial charge in [0, 0.05) is 48.8 Å². The second kappa shape index (κ2) is 30.1. The lowest BCUT2D eigenvalue weighted by Crippen LogP contribution is -2.34. The molecule has 72 heavy (non-hydrogen) atoms. The first-order valence-electron chi connectivity index (χ1n) is 20.4. The van der Waals surface area contributed by atoms with Gasteiger partial charge in [0.1, 0.15) is 64.0 Å². The molecule has 0 saturated heterocycles. The first-order valence-corrected chi connectivity index (χ1v) is 28.0. The predicted octanol–water partition coefficient (Wildman–Crippen LogP) is 5.49. The fraction of sp³-hybridized carbons (Fsp3) is 0.590. The number of aromatic nitrogens is 10. The van der Waals surface area contributed by atoms with Gasteiger partial charge in [0.15, 0.2) is 0 Å². The zero-order valence-electron chi connectivity index (χ0n) is 42.9. The SMILES string of the molecule is CNCc1nn(C)c(OC)c1Br.COc1c(Br)c(CN(C)C(=O)OC(C)(C)C)nn1C.COc1c(Br)c(CO)nn1C.COc1c(Br)c(COS(C)(=O)=O)nn1C.COc1c(Br)c(COS(C)(=O)=O)nn1C. The van der Waals surface area contributed by atoms with E-state index in [4.69, 9.17) is 33.5 Å². The number of amides is 1. The summed E-state index contributed by atoms with van der Waals surface area (Å²) in [5.41, 5.74) is 2.69. The quantitative estimate of drug-likeness (QED) is 0.116. The third kappa shape index (κ3) is 21.0. The molecular formula is C39H63Br5N12O14S2. The van der Waals surface area contributed by atoms with E-state index < -0.39 is 25.8 Å². The molecule has 26 nitrogen and oxygen atoms in total. The Balaban J connectivity index is 0.000000455. The molecule has 5 aromatic rings. The Bertz CT molecular complexity index is 2670. The Morgan fingerprint density at radius 2 is 0.847 bits per heavy atom. The van der Waals surface area contributed by atoms with Crippen LogP contribution in [0.15, 0.2) is 22.4 Å². The lowest BCUT2D eigenvalue weighted by Gasteiger charge is -2.24. The van der Waals surface area contributed by atoms with Crippen LogP contribution in [0, 0.1) is 0 Å². The zero-order chi connectivity index (χ0) is 55.6. The number of rotatable bonds is 16. The molecule has 5 rings (SSSR count). The second-order valence-electron chi connectivity index (χ2n) is 15.4. The van der Waals surface area contributed by atoms with E-state index in [1.807, 2.05) is 34.9 Å². The molecular weight excluding hydrogens is 1320 g/mol. The molecule has 0 unspecified atom stereocenters. The Morgan fingerprint density at radius 1 is 0.569 bits per heavy atom. The summed E-state index contributed by atoms with van der Waals surface area (Å²) in [5.74, 6) is 3.02. The van der Waals surface area contributed by atoms with Crippen LogP contribution in [0.1, 0.15) is 49.2 Å². The summed E-state index contributed by atoms with van der Waals surface area (Å²) in [7, 11) is 13.2. The molecule has 0 saturated carbocycles. The molecule has 0 bridgehead atoms. The number of aliphatic hydroxyl groups is 1. The van der Waals surface area contributed by atoms with Gasteiger partial charge in [0.05, 0.1) is 66.9 Å². The van der Waals surface area contributed by atoms with E-state index in [0.29, 0.717) is 66.3 Å². The van der Waals surface area contributed by atoms with Gasteiger partial charge in [-0.15, -0.1) is 0 Å². The number of carbonyl (C=O) groups excluding carboxylic acids is 1. The van der Waals surface area contributed by atoms with Crippen molar-refractivity contribution >= 4 is 106 Å². The third-order valence-electron chi connectivity index (χ3n) is 8.40. The number of nitrogens with zero attached hydrogens (tertiary/aromatic N) is 11. The largest absolute Gasteiger partial charge is 0.480 e. The summed E-state index contributed by atoms with van der Waals surface area (Å²) in [6.45, 7) is 6.25. The number of carbonyl (C=O) groups is 1. The number of nitrogens with one attached hydrogen (secondary N) is 1. The minimum absolute atomic E-state index is 0.0855. The Morgan fingerprint density at radius 3 is 1.11 bits per heavy atom. The highest BCUT2D eigenvalue weighted by molar-refractivity contribution is 9.11. The van der Waals surface area contributed by atoms with Crippen molar-refractivity contribution in [2.45, 2.75) is 59.3 Å². The summed E-state index contributed by atoms with van der Waals surface area (Å²) in [6.07, 6.45) is 1.59. The molecule has 0 atom stereocenters. The molecule has 0 aliphatic heterocycles. The van der Waals surface area contributed by atoms with Gasteiger partial charge in [-0.1, -0.05) is 0 Å². The van der Waals surface area contributed by atoms with Crippen molar-refractivity contribution in [1.82, 2.24) is 59.1 Å². The Hall–Kier alpha value is -3.54. The average molecular weight is 1390 g/mol. The number of methoxy groups -OCH3 is 5. The van der Waals surface area contributed by atoms with Crippen LogP contribution >= 0.6 is 79.6 Å².